The van der Waals surface area contributed by atoms with Gasteiger partial charge < -0.3 is 9.72 Å². The van der Waals surface area contributed by atoms with E-state index in [1.807, 2.05) is 42.5 Å². The third kappa shape index (κ3) is 2.83. The highest BCUT2D eigenvalue weighted by atomic mass is 16.6. The van der Waals surface area contributed by atoms with Crippen molar-refractivity contribution in [1.29, 1.82) is 0 Å². The number of aromatic nitrogens is 2. The van der Waals surface area contributed by atoms with E-state index >= 15 is 0 Å². The van der Waals surface area contributed by atoms with E-state index in [-0.39, 0.29) is 11.7 Å². The van der Waals surface area contributed by atoms with Gasteiger partial charge in [0.05, 0.1) is 17.4 Å². The van der Waals surface area contributed by atoms with Crippen molar-refractivity contribution < 1.29 is 9.53 Å². The molecule has 6 nitrogen and oxygen atoms in total. The second kappa shape index (κ2) is 6.29. The van der Waals surface area contributed by atoms with Crippen LogP contribution < -0.4 is 10.5 Å². The first-order valence-corrected chi connectivity index (χ1v) is 8.61. The van der Waals surface area contributed by atoms with Crippen LogP contribution in [0.4, 0.5) is 10.5 Å². The molecule has 1 fully saturated rings. The van der Waals surface area contributed by atoms with Crippen molar-refractivity contribution >= 4 is 22.7 Å². The van der Waals surface area contributed by atoms with E-state index in [0.29, 0.717) is 35.8 Å². The van der Waals surface area contributed by atoms with Crippen LogP contribution in [-0.2, 0) is 4.74 Å². The van der Waals surface area contributed by atoms with Crippen molar-refractivity contribution in [2.45, 2.75) is 19.8 Å². The zero-order valence-electron chi connectivity index (χ0n) is 14.7. The number of ether oxygens (including phenoxy) is 1. The maximum atomic E-state index is 12.5. The van der Waals surface area contributed by atoms with Gasteiger partial charge in [-0.3, -0.25) is 9.69 Å². The van der Waals surface area contributed by atoms with Crippen molar-refractivity contribution in [2.24, 2.45) is 0 Å². The molecule has 1 aromatic heterocycles. The van der Waals surface area contributed by atoms with Crippen LogP contribution in [0.1, 0.15) is 25.3 Å². The van der Waals surface area contributed by atoms with Crippen LogP contribution in [0.3, 0.4) is 0 Å². The molecule has 0 atom stereocenters. The summed E-state index contributed by atoms with van der Waals surface area (Å²) >= 11 is 0. The average Bonchev–Trinajstić information content (AvgIpc) is 3.07. The number of nitrogens with one attached hydrogen (secondary N) is 1. The van der Waals surface area contributed by atoms with E-state index in [9.17, 15) is 9.59 Å². The van der Waals surface area contributed by atoms with Gasteiger partial charge in [-0.15, -0.1) is 0 Å². The van der Waals surface area contributed by atoms with E-state index in [4.69, 9.17) is 4.74 Å². The number of hydrogen-bond donors (Lipinski definition) is 1. The van der Waals surface area contributed by atoms with Crippen LogP contribution in [0.25, 0.3) is 22.3 Å². The van der Waals surface area contributed by atoms with Gasteiger partial charge >= 0.3 is 6.09 Å². The molecule has 0 bridgehead atoms. The van der Waals surface area contributed by atoms with Gasteiger partial charge in [0.15, 0.2) is 0 Å². The molecule has 6 heteroatoms. The second-order valence-electron chi connectivity index (χ2n) is 6.66. The van der Waals surface area contributed by atoms with Crippen LogP contribution in [0.2, 0.25) is 0 Å². The van der Waals surface area contributed by atoms with E-state index < -0.39 is 0 Å². The van der Waals surface area contributed by atoms with Gasteiger partial charge in [-0.2, -0.15) is 0 Å². The molecule has 0 radical (unpaired) electrons. The SMILES string of the molecule is CC(C)c1ccc2nc(-c3ccc(N4CCOC4=O)cc3)[nH]c(=O)c2c1. The number of H-pyrrole nitrogens is 1. The van der Waals surface area contributed by atoms with E-state index in [1.54, 1.807) is 4.90 Å². The molecule has 0 unspecified atom stereocenters. The Morgan fingerprint density at radius 1 is 1.12 bits per heavy atom. The summed E-state index contributed by atoms with van der Waals surface area (Å²) < 4.78 is 4.95. The number of aromatic amines is 1. The Kier molecular flexibility index (Phi) is 3.95. The van der Waals surface area contributed by atoms with Crippen molar-refractivity contribution in [3.8, 4) is 11.4 Å². The minimum absolute atomic E-state index is 0.153. The van der Waals surface area contributed by atoms with Gasteiger partial charge in [0.2, 0.25) is 0 Å². The highest BCUT2D eigenvalue weighted by molar-refractivity contribution is 5.89. The predicted molar refractivity (Wildman–Crippen MR) is 101 cm³/mol. The third-order valence-electron chi connectivity index (χ3n) is 4.61. The van der Waals surface area contributed by atoms with Crippen molar-refractivity contribution in [1.82, 2.24) is 9.97 Å². The zero-order valence-corrected chi connectivity index (χ0v) is 14.7. The van der Waals surface area contributed by atoms with Crippen molar-refractivity contribution in [3.63, 3.8) is 0 Å². The van der Waals surface area contributed by atoms with Gasteiger partial charge in [-0.05, 0) is 47.9 Å². The molecule has 2 aromatic carbocycles. The fraction of sp³-hybridized carbons (Fsp3) is 0.250. The first-order valence-electron chi connectivity index (χ1n) is 8.61. The number of cyclic esters (lactones) is 1. The standard InChI is InChI=1S/C20H19N3O3/c1-12(2)14-5-8-17-16(11-14)19(24)22-18(21-17)13-3-6-15(7-4-13)23-9-10-26-20(23)25/h3-8,11-12H,9-10H2,1-2H3,(H,21,22,24). The van der Waals surface area contributed by atoms with Crippen LogP contribution in [0, 0.1) is 0 Å². The number of rotatable bonds is 3. The number of nitrogens with zero attached hydrogens (tertiary/aromatic N) is 2. The van der Waals surface area contributed by atoms with Crippen LogP contribution >= 0.6 is 0 Å². The Balaban J connectivity index is 1.71. The van der Waals surface area contributed by atoms with Gasteiger partial charge in [-0.1, -0.05) is 19.9 Å². The molecule has 1 saturated heterocycles. The zero-order chi connectivity index (χ0) is 18.3. The Morgan fingerprint density at radius 3 is 2.54 bits per heavy atom. The topological polar surface area (TPSA) is 75.3 Å². The fourth-order valence-electron chi connectivity index (χ4n) is 3.08. The highest BCUT2D eigenvalue weighted by Crippen LogP contribution is 2.24. The molecule has 2 heterocycles. The van der Waals surface area contributed by atoms with Gasteiger partial charge in [0.1, 0.15) is 12.4 Å². The molecule has 0 saturated carbocycles. The summed E-state index contributed by atoms with van der Waals surface area (Å²) in [6.45, 7) is 5.13. The molecule has 132 valence electrons. The van der Waals surface area contributed by atoms with Gasteiger partial charge in [0.25, 0.3) is 5.56 Å². The first-order chi connectivity index (χ1) is 12.5. The number of anilines is 1. The highest BCUT2D eigenvalue weighted by Gasteiger charge is 2.23. The quantitative estimate of drug-likeness (QED) is 0.783. The summed E-state index contributed by atoms with van der Waals surface area (Å²) in [6.07, 6.45) is -0.337. The Labute approximate surface area is 150 Å². The maximum Gasteiger partial charge on any atom is 0.414 e. The number of hydrogen-bond acceptors (Lipinski definition) is 4. The van der Waals surface area contributed by atoms with E-state index in [0.717, 1.165) is 16.8 Å². The summed E-state index contributed by atoms with van der Waals surface area (Å²) in [6, 6.07) is 13.1. The number of benzene rings is 2. The van der Waals surface area contributed by atoms with Crippen molar-refractivity contribution in [3.05, 3.63) is 58.4 Å². The number of carbonyl (C=O) groups excluding carboxylic acids is 1. The normalized spacial score (nSPS) is 14.3. The summed E-state index contributed by atoms with van der Waals surface area (Å²) in [7, 11) is 0. The minimum atomic E-state index is -0.337. The lowest BCUT2D eigenvalue weighted by Crippen LogP contribution is -2.23. The summed E-state index contributed by atoms with van der Waals surface area (Å²) in [5.74, 6) is 0.860. The molecular formula is C20H19N3O3. The van der Waals surface area contributed by atoms with Crippen LogP contribution in [0.5, 0.6) is 0 Å². The van der Waals surface area contributed by atoms with E-state index in [2.05, 4.69) is 23.8 Å². The van der Waals surface area contributed by atoms with Gasteiger partial charge in [-0.25, -0.2) is 9.78 Å². The minimum Gasteiger partial charge on any atom is -0.447 e. The predicted octanol–water partition coefficient (Wildman–Crippen LogP) is 3.67. The summed E-state index contributed by atoms with van der Waals surface area (Å²) in [4.78, 5) is 33.2. The maximum absolute atomic E-state index is 12.5. The average molecular weight is 349 g/mol. The molecule has 1 amide bonds. The molecule has 1 aliphatic rings. The summed E-state index contributed by atoms with van der Waals surface area (Å²) in [5.41, 5.74) is 3.17. The lowest BCUT2D eigenvalue weighted by atomic mass is 10.0. The lowest BCUT2D eigenvalue weighted by molar-refractivity contribution is 0.181. The molecule has 26 heavy (non-hydrogen) atoms. The second-order valence-corrected chi connectivity index (χ2v) is 6.66. The third-order valence-corrected chi connectivity index (χ3v) is 4.61. The Morgan fingerprint density at radius 2 is 1.88 bits per heavy atom. The van der Waals surface area contributed by atoms with E-state index in [1.165, 1.54) is 0 Å². The molecule has 1 aliphatic heterocycles. The smallest absolute Gasteiger partial charge is 0.414 e. The number of fused-ring (bicyclic) bond motifs is 1. The fourth-order valence-corrected chi connectivity index (χ4v) is 3.08. The molecular weight excluding hydrogens is 330 g/mol. The monoisotopic (exact) mass is 349 g/mol. The molecule has 3 aromatic rings. The number of carbonyl (C=O) groups is 1. The van der Waals surface area contributed by atoms with Gasteiger partial charge in [0, 0.05) is 11.3 Å². The molecule has 0 aliphatic carbocycles. The molecule has 0 spiro atoms. The molecule has 1 N–H and O–H groups in total. The largest absolute Gasteiger partial charge is 0.447 e. The van der Waals surface area contributed by atoms with Crippen LogP contribution in [-0.4, -0.2) is 29.2 Å². The first kappa shape index (κ1) is 16.3. The van der Waals surface area contributed by atoms with Crippen LogP contribution in [0.15, 0.2) is 47.3 Å². The lowest BCUT2D eigenvalue weighted by Gasteiger charge is -2.13. The number of amides is 1. The molecule has 4 rings (SSSR count). The summed E-state index contributed by atoms with van der Waals surface area (Å²) in [5, 5.41) is 0.594. The van der Waals surface area contributed by atoms with Crippen molar-refractivity contribution in [2.75, 3.05) is 18.1 Å². The Hall–Kier alpha value is -3.15. The Bertz CT molecular complexity index is 1040.